The Morgan fingerprint density at radius 3 is 2.32 bits per heavy atom. The molecule has 0 unspecified atom stereocenters. The largest absolute Gasteiger partial charge is 0.366 e. The molecule has 0 bridgehead atoms. The lowest BCUT2D eigenvalue weighted by Crippen LogP contribution is -2.10. The molecule has 0 spiro atoms. The number of carbonyl (C=O) groups excluding carboxylic acids is 1. The van der Waals surface area contributed by atoms with E-state index >= 15 is 0 Å². The van der Waals surface area contributed by atoms with Crippen LogP contribution >= 0.6 is 0 Å². The van der Waals surface area contributed by atoms with E-state index in [-0.39, 0.29) is 0 Å². The minimum Gasteiger partial charge on any atom is -0.366 e. The van der Waals surface area contributed by atoms with Crippen LogP contribution in [0.1, 0.15) is 21.5 Å². The number of benzene rings is 1. The van der Waals surface area contributed by atoms with Crippen molar-refractivity contribution in [1.82, 2.24) is 9.78 Å². The average molecular weight is 249 g/mol. The molecule has 92 valence electrons. The lowest BCUT2D eigenvalue weighted by molar-refractivity contribution is 0.100. The maximum absolute atomic E-state index is 10.9. The normalized spacial score (nSPS) is 8.89. The molecule has 19 heavy (non-hydrogen) atoms. The standard InChI is InChI=1S/C15H11N3O/c1-18-11-13(10-17-18)5-3-2-4-12-6-8-14(9-7-12)15(16)19/h6-11H,1H3,(H2,16,19). The van der Waals surface area contributed by atoms with Gasteiger partial charge in [-0.15, -0.1) is 0 Å². The molecule has 0 atom stereocenters. The first-order valence-electron chi connectivity index (χ1n) is 5.56. The molecule has 0 saturated heterocycles. The van der Waals surface area contributed by atoms with Crippen molar-refractivity contribution in [2.24, 2.45) is 12.8 Å². The first-order chi connectivity index (χ1) is 9.15. The second kappa shape index (κ2) is 5.57. The number of nitrogens with two attached hydrogens (primary N) is 1. The van der Waals surface area contributed by atoms with Crippen molar-refractivity contribution in [3.8, 4) is 23.7 Å². The Labute approximate surface area is 111 Å². The van der Waals surface area contributed by atoms with Gasteiger partial charge in [-0.25, -0.2) is 0 Å². The summed E-state index contributed by atoms with van der Waals surface area (Å²) in [6, 6.07) is 6.75. The summed E-state index contributed by atoms with van der Waals surface area (Å²) in [6.45, 7) is 0. The van der Waals surface area contributed by atoms with Crippen LogP contribution in [0.25, 0.3) is 0 Å². The van der Waals surface area contributed by atoms with E-state index in [1.165, 1.54) is 0 Å². The molecule has 0 radical (unpaired) electrons. The molecule has 1 aromatic carbocycles. The molecule has 1 aromatic heterocycles. The van der Waals surface area contributed by atoms with Crippen LogP contribution in [-0.4, -0.2) is 15.7 Å². The van der Waals surface area contributed by atoms with Gasteiger partial charge in [0, 0.05) is 24.4 Å². The molecule has 2 aromatic rings. The van der Waals surface area contributed by atoms with Gasteiger partial charge in [-0.1, -0.05) is 5.92 Å². The zero-order valence-electron chi connectivity index (χ0n) is 10.3. The van der Waals surface area contributed by atoms with E-state index in [1.54, 1.807) is 35.1 Å². The van der Waals surface area contributed by atoms with E-state index in [9.17, 15) is 4.79 Å². The van der Waals surface area contributed by atoms with Gasteiger partial charge in [0.1, 0.15) is 0 Å². The van der Waals surface area contributed by atoms with Crippen molar-refractivity contribution in [2.45, 2.75) is 0 Å². The summed E-state index contributed by atoms with van der Waals surface area (Å²) in [6.07, 6.45) is 3.49. The highest BCUT2D eigenvalue weighted by Gasteiger charge is 1.97. The molecular formula is C15H11N3O. The van der Waals surface area contributed by atoms with Gasteiger partial charge in [0.15, 0.2) is 0 Å². The molecule has 4 nitrogen and oxygen atoms in total. The second-order valence-electron chi connectivity index (χ2n) is 3.84. The molecular weight excluding hydrogens is 238 g/mol. The summed E-state index contributed by atoms with van der Waals surface area (Å²) >= 11 is 0. The minimum atomic E-state index is -0.448. The second-order valence-corrected chi connectivity index (χ2v) is 3.84. The van der Waals surface area contributed by atoms with Crippen LogP contribution < -0.4 is 5.73 Å². The van der Waals surface area contributed by atoms with Crippen LogP contribution in [0.5, 0.6) is 0 Å². The Balaban J connectivity index is 2.08. The number of hydrogen-bond donors (Lipinski definition) is 1. The highest BCUT2D eigenvalue weighted by molar-refractivity contribution is 5.92. The molecule has 0 aliphatic rings. The lowest BCUT2D eigenvalue weighted by atomic mass is 10.1. The lowest BCUT2D eigenvalue weighted by Gasteiger charge is -1.93. The number of rotatable bonds is 1. The number of primary amides is 1. The third kappa shape index (κ3) is 3.49. The maximum atomic E-state index is 10.9. The van der Waals surface area contributed by atoms with Gasteiger partial charge < -0.3 is 5.73 Å². The average Bonchev–Trinajstić information content (AvgIpc) is 2.81. The third-order valence-corrected chi connectivity index (χ3v) is 2.35. The van der Waals surface area contributed by atoms with E-state index in [0.29, 0.717) is 5.56 Å². The van der Waals surface area contributed by atoms with Crippen molar-refractivity contribution in [3.05, 3.63) is 53.3 Å². The van der Waals surface area contributed by atoms with Gasteiger partial charge in [-0.3, -0.25) is 9.48 Å². The van der Waals surface area contributed by atoms with Gasteiger partial charge in [-0.05, 0) is 42.0 Å². The van der Waals surface area contributed by atoms with E-state index in [4.69, 9.17) is 5.73 Å². The Morgan fingerprint density at radius 2 is 1.79 bits per heavy atom. The van der Waals surface area contributed by atoms with Crippen molar-refractivity contribution in [3.63, 3.8) is 0 Å². The van der Waals surface area contributed by atoms with Crippen molar-refractivity contribution in [2.75, 3.05) is 0 Å². The summed E-state index contributed by atoms with van der Waals surface area (Å²) in [5.41, 5.74) is 7.21. The number of amides is 1. The molecule has 0 fully saturated rings. The van der Waals surface area contributed by atoms with Crippen LogP contribution in [-0.2, 0) is 7.05 Å². The summed E-state index contributed by atoms with van der Waals surface area (Å²) in [5, 5.41) is 4.00. The first-order valence-corrected chi connectivity index (χ1v) is 5.56. The Hall–Kier alpha value is -2.98. The Kier molecular flexibility index (Phi) is 3.66. The van der Waals surface area contributed by atoms with E-state index < -0.39 is 5.91 Å². The van der Waals surface area contributed by atoms with Gasteiger partial charge in [0.2, 0.25) is 5.91 Å². The fraction of sp³-hybridized carbons (Fsp3) is 0.0667. The molecule has 0 aliphatic heterocycles. The number of hydrogen-bond acceptors (Lipinski definition) is 2. The van der Waals surface area contributed by atoms with Gasteiger partial charge in [0.25, 0.3) is 0 Å². The number of nitrogens with zero attached hydrogens (tertiary/aromatic N) is 2. The topological polar surface area (TPSA) is 60.9 Å². The summed E-state index contributed by atoms with van der Waals surface area (Å²) in [5.74, 6) is 10.8. The van der Waals surface area contributed by atoms with Crippen molar-refractivity contribution in [1.29, 1.82) is 0 Å². The Morgan fingerprint density at radius 1 is 1.16 bits per heavy atom. The Bertz CT molecular complexity index is 718. The zero-order chi connectivity index (χ0) is 13.7. The SMILES string of the molecule is Cn1cc(C#CC#Cc2ccc(C(N)=O)cc2)cn1. The fourth-order valence-corrected chi connectivity index (χ4v) is 1.41. The minimum absolute atomic E-state index is 0.448. The third-order valence-electron chi connectivity index (χ3n) is 2.35. The zero-order valence-corrected chi connectivity index (χ0v) is 10.3. The van der Waals surface area contributed by atoms with Gasteiger partial charge in [-0.2, -0.15) is 5.10 Å². The van der Waals surface area contributed by atoms with E-state index in [2.05, 4.69) is 28.8 Å². The summed E-state index contributed by atoms with van der Waals surface area (Å²) < 4.78 is 1.68. The van der Waals surface area contributed by atoms with Crippen LogP contribution in [0.15, 0.2) is 36.7 Å². The quantitative estimate of drug-likeness (QED) is 0.764. The van der Waals surface area contributed by atoms with Crippen LogP contribution in [0, 0.1) is 23.7 Å². The fourth-order valence-electron chi connectivity index (χ4n) is 1.41. The molecule has 2 rings (SSSR count). The van der Waals surface area contributed by atoms with Crippen LogP contribution in [0.4, 0.5) is 0 Å². The smallest absolute Gasteiger partial charge is 0.248 e. The predicted octanol–water partition coefficient (Wildman–Crippen LogP) is 0.922. The first kappa shape index (κ1) is 12.5. The summed E-state index contributed by atoms with van der Waals surface area (Å²) in [4.78, 5) is 10.9. The molecule has 2 N–H and O–H groups in total. The van der Waals surface area contributed by atoms with E-state index in [0.717, 1.165) is 11.1 Å². The van der Waals surface area contributed by atoms with Gasteiger partial charge in [0.05, 0.1) is 11.8 Å². The highest BCUT2D eigenvalue weighted by atomic mass is 16.1. The molecule has 0 aliphatic carbocycles. The van der Waals surface area contributed by atoms with Crippen molar-refractivity contribution < 1.29 is 4.79 Å². The molecule has 1 heterocycles. The predicted molar refractivity (Wildman–Crippen MR) is 71.9 cm³/mol. The molecule has 0 saturated carbocycles. The van der Waals surface area contributed by atoms with Gasteiger partial charge >= 0.3 is 0 Å². The molecule has 1 amide bonds. The number of aromatic nitrogens is 2. The number of aryl methyl sites for hydroxylation is 1. The maximum Gasteiger partial charge on any atom is 0.248 e. The van der Waals surface area contributed by atoms with Crippen LogP contribution in [0.2, 0.25) is 0 Å². The number of carbonyl (C=O) groups is 1. The monoisotopic (exact) mass is 249 g/mol. The van der Waals surface area contributed by atoms with Crippen LogP contribution in [0.3, 0.4) is 0 Å². The molecule has 4 heteroatoms. The van der Waals surface area contributed by atoms with E-state index in [1.807, 2.05) is 13.2 Å². The van der Waals surface area contributed by atoms with Crippen molar-refractivity contribution >= 4 is 5.91 Å². The highest BCUT2D eigenvalue weighted by Crippen LogP contribution is 2.01. The summed E-state index contributed by atoms with van der Waals surface area (Å²) in [7, 11) is 1.83.